The molecule has 0 amide bonds. The molecule has 124 valence electrons. The Morgan fingerprint density at radius 1 is 1.04 bits per heavy atom. The Hall–Kier alpha value is -2.22. The summed E-state index contributed by atoms with van der Waals surface area (Å²) in [6.45, 7) is 5.52. The average Bonchev–Trinajstić information content (AvgIpc) is 2.63. The van der Waals surface area contributed by atoms with E-state index in [1.807, 2.05) is 42.5 Å². The summed E-state index contributed by atoms with van der Waals surface area (Å²) in [7, 11) is 0. The van der Waals surface area contributed by atoms with Crippen LogP contribution in [0, 0.1) is 11.3 Å². The number of benzene rings is 2. The summed E-state index contributed by atoms with van der Waals surface area (Å²) in [4.78, 5) is 4.71. The molecule has 1 aliphatic rings. The van der Waals surface area contributed by atoms with Crippen molar-refractivity contribution in [2.75, 3.05) is 44.2 Å². The Morgan fingerprint density at radius 3 is 2.46 bits per heavy atom. The normalized spacial score (nSPS) is 15.1. The molecule has 1 aliphatic heterocycles. The van der Waals surface area contributed by atoms with E-state index in [4.69, 9.17) is 21.6 Å². The third-order valence-electron chi connectivity index (χ3n) is 4.23. The van der Waals surface area contributed by atoms with Gasteiger partial charge in [-0.2, -0.15) is 5.26 Å². The van der Waals surface area contributed by atoms with Gasteiger partial charge in [-0.3, -0.25) is 4.90 Å². The quantitative estimate of drug-likeness (QED) is 0.835. The first-order chi connectivity index (χ1) is 11.8. The first-order valence-electron chi connectivity index (χ1n) is 8.11. The smallest absolute Gasteiger partial charge is 0.119 e. The Kier molecular flexibility index (Phi) is 5.58. The van der Waals surface area contributed by atoms with Crippen LogP contribution in [0.3, 0.4) is 0 Å². The molecule has 0 atom stereocenters. The number of para-hydroxylation sites is 1. The van der Waals surface area contributed by atoms with Crippen LogP contribution in [0.15, 0.2) is 48.5 Å². The van der Waals surface area contributed by atoms with Crippen molar-refractivity contribution in [1.29, 1.82) is 5.26 Å². The Balaban J connectivity index is 1.46. The number of nitrogens with zero attached hydrogens (tertiary/aromatic N) is 3. The average molecular weight is 342 g/mol. The second-order valence-corrected chi connectivity index (χ2v) is 6.17. The summed E-state index contributed by atoms with van der Waals surface area (Å²) >= 11 is 6.13. The van der Waals surface area contributed by atoms with Gasteiger partial charge < -0.3 is 9.64 Å². The minimum absolute atomic E-state index is 0.522. The van der Waals surface area contributed by atoms with Crippen molar-refractivity contribution < 1.29 is 4.74 Å². The number of rotatable bonds is 5. The van der Waals surface area contributed by atoms with Gasteiger partial charge in [-0.25, -0.2) is 0 Å². The molecule has 4 nitrogen and oxygen atoms in total. The molecule has 0 aliphatic carbocycles. The molecule has 0 bridgehead atoms. The summed E-state index contributed by atoms with van der Waals surface area (Å²) in [5.41, 5.74) is 1.61. The van der Waals surface area contributed by atoms with E-state index >= 15 is 0 Å². The van der Waals surface area contributed by atoms with Gasteiger partial charge in [0.1, 0.15) is 18.4 Å². The van der Waals surface area contributed by atoms with Crippen molar-refractivity contribution in [2.45, 2.75) is 0 Å². The number of nitriles is 1. The van der Waals surface area contributed by atoms with Crippen LogP contribution >= 0.6 is 11.6 Å². The topological polar surface area (TPSA) is 39.5 Å². The van der Waals surface area contributed by atoms with E-state index < -0.39 is 0 Å². The van der Waals surface area contributed by atoms with Gasteiger partial charge in [-0.05, 0) is 30.3 Å². The number of anilines is 1. The number of piperazine rings is 1. The van der Waals surface area contributed by atoms with Crippen molar-refractivity contribution in [3.05, 3.63) is 59.1 Å². The minimum Gasteiger partial charge on any atom is -0.492 e. The van der Waals surface area contributed by atoms with E-state index in [9.17, 15) is 0 Å². The molecule has 5 heteroatoms. The summed E-state index contributed by atoms with van der Waals surface area (Å²) in [6, 6.07) is 17.7. The second-order valence-electron chi connectivity index (χ2n) is 5.77. The maximum atomic E-state index is 8.95. The fourth-order valence-electron chi connectivity index (χ4n) is 2.83. The van der Waals surface area contributed by atoms with E-state index in [2.05, 4.69) is 15.9 Å². The fraction of sp³-hybridized carbons (Fsp3) is 0.316. The van der Waals surface area contributed by atoms with Crippen molar-refractivity contribution in [1.82, 2.24) is 4.90 Å². The van der Waals surface area contributed by atoms with Crippen LogP contribution in [0.1, 0.15) is 5.56 Å². The highest BCUT2D eigenvalue weighted by molar-refractivity contribution is 6.32. The van der Waals surface area contributed by atoms with E-state index in [-0.39, 0.29) is 0 Å². The number of hydrogen-bond donors (Lipinski definition) is 0. The zero-order chi connectivity index (χ0) is 16.8. The van der Waals surface area contributed by atoms with E-state index in [0.29, 0.717) is 17.2 Å². The molecule has 1 heterocycles. The van der Waals surface area contributed by atoms with Crippen molar-refractivity contribution in [3.63, 3.8) is 0 Å². The summed E-state index contributed by atoms with van der Waals surface area (Å²) < 4.78 is 5.76. The molecule has 0 unspecified atom stereocenters. The van der Waals surface area contributed by atoms with Gasteiger partial charge in [0.2, 0.25) is 0 Å². The standard InChI is InChI=1S/C19H20ClN3O/c20-19-14-17(7-6-16(19)15-21)23-10-8-22(9-11-23)12-13-24-18-4-2-1-3-5-18/h1-7,14H,8-13H2. The Bertz CT molecular complexity index is 706. The first-order valence-corrected chi connectivity index (χ1v) is 8.49. The summed E-state index contributed by atoms with van der Waals surface area (Å²) in [6.07, 6.45) is 0. The highest BCUT2D eigenvalue weighted by Gasteiger charge is 2.17. The molecule has 1 saturated heterocycles. The predicted octanol–water partition coefficient (Wildman–Crippen LogP) is 3.41. The van der Waals surface area contributed by atoms with Crippen molar-refractivity contribution in [2.24, 2.45) is 0 Å². The van der Waals surface area contributed by atoms with Crippen LogP contribution in [-0.4, -0.2) is 44.2 Å². The zero-order valence-corrected chi connectivity index (χ0v) is 14.2. The molecule has 2 aromatic rings. The van der Waals surface area contributed by atoms with Crippen LogP contribution < -0.4 is 9.64 Å². The molecule has 2 aromatic carbocycles. The SMILES string of the molecule is N#Cc1ccc(N2CCN(CCOc3ccccc3)CC2)cc1Cl. The van der Waals surface area contributed by atoms with E-state index in [1.165, 1.54) is 0 Å². The van der Waals surface area contributed by atoms with E-state index in [0.717, 1.165) is 44.2 Å². The summed E-state index contributed by atoms with van der Waals surface area (Å²) in [5, 5.41) is 9.47. The number of hydrogen-bond acceptors (Lipinski definition) is 4. The molecule has 3 rings (SSSR count). The first kappa shape index (κ1) is 16.6. The van der Waals surface area contributed by atoms with Crippen LogP contribution in [0.5, 0.6) is 5.75 Å². The lowest BCUT2D eigenvalue weighted by Crippen LogP contribution is -2.47. The molecule has 0 aromatic heterocycles. The van der Waals surface area contributed by atoms with Gasteiger partial charge in [0.25, 0.3) is 0 Å². The maximum absolute atomic E-state index is 8.95. The van der Waals surface area contributed by atoms with Crippen LogP contribution in [0.4, 0.5) is 5.69 Å². The predicted molar refractivity (Wildman–Crippen MR) is 96.8 cm³/mol. The lowest BCUT2D eigenvalue weighted by Gasteiger charge is -2.36. The number of ether oxygens (including phenoxy) is 1. The lowest BCUT2D eigenvalue weighted by atomic mass is 10.2. The molecule has 0 saturated carbocycles. The van der Waals surface area contributed by atoms with Crippen molar-refractivity contribution in [3.8, 4) is 11.8 Å². The Morgan fingerprint density at radius 2 is 1.79 bits per heavy atom. The molecule has 0 N–H and O–H groups in total. The third kappa shape index (κ3) is 4.19. The van der Waals surface area contributed by atoms with E-state index in [1.54, 1.807) is 6.07 Å². The van der Waals surface area contributed by atoms with Crippen LogP contribution in [-0.2, 0) is 0 Å². The maximum Gasteiger partial charge on any atom is 0.119 e. The molecule has 0 spiro atoms. The minimum atomic E-state index is 0.522. The van der Waals surface area contributed by atoms with Gasteiger partial charge in [-0.1, -0.05) is 29.8 Å². The zero-order valence-electron chi connectivity index (χ0n) is 13.5. The molecule has 1 fully saturated rings. The fourth-order valence-corrected chi connectivity index (χ4v) is 3.05. The molecule has 24 heavy (non-hydrogen) atoms. The monoisotopic (exact) mass is 341 g/mol. The molecular formula is C19H20ClN3O. The van der Waals surface area contributed by atoms with Crippen molar-refractivity contribution >= 4 is 17.3 Å². The molecular weight excluding hydrogens is 322 g/mol. The highest BCUT2D eigenvalue weighted by Crippen LogP contribution is 2.24. The van der Waals surface area contributed by atoms with Gasteiger partial charge in [-0.15, -0.1) is 0 Å². The van der Waals surface area contributed by atoms with Gasteiger partial charge >= 0.3 is 0 Å². The second kappa shape index (κ2) is 8.05. The van der Waals surface area contributed by atoms with Gasteiger partial charge in [0.05, 0.1) is 10.6 Å². The largest absolute Gasteiger partial charge is 0.492 e. The number of halogens is 1. The van der Waals surface area contributed by atoms with Crippen LogP contribution in [0.25, 0.3) is 0 Å². The van der Waals surface area contributed by atoms with Gasteiger partial charge in [0, 0.05) is 38.4 Å². The van der Waals surface area contributed by atoms with Crippen LogP contribution in [0.2, 0.25) is 5.02 Å². The summed E-state index contributed by atoms with van der Waals surface area (Å²) in [5.74, 6) is 0.920. The molecule has 0 radical (unpaired) electrons. The Labute approximate surface area is 147 Å². The lowest BCUT2D eigenvalue weighted by molar-refractivity contribution is 0.200. The van der Waals surface area contributed by atoms with Gasteiger partial charge in [0.15, 0.2) is 0 Å². The highest BCUT2D eigenvalue weighted by atomic mass is 35.5. The third-order valence-corrected chi connectivity index (χ3v) is 4.54.